The molecule has 0 atom stereocenters. The largest absolute Gasteiger partial charge is 0.486 e. The Labute approximate surface area is 111 Å². The highest BCUT2D eigenvalue weighted by atomic mass is 35.5. The molecule has 0 aliphatic rings. The van der Waals surface area contributed by atoms with Gasteiger partial charge < -0.3 is 15.2 Å². The van der Waals surface area contributed by atoms with Crippen LogP contribution in [0.4, 0.5) is 5.69 Å². The van der Waals surface area contributed by atoms with Crippen LogP contribution in [0.2, 0.25) is 5.02 Å². The molecule has 0 saturated heterocycles. The van der Waals surface area contributed by atoms with Gasteiger partial charge in [0.25, 0.3) is 0 Å². The molecule has 0 fully saturated rings. The van der Waals surface area contributed by atoms with Gasteiger partial charge in [0.15, 0.2) is 5.75 Å². The maximum atomic E-state index is 11.8. The van der Waals surface area contributed by atoms with Crippen LogP contribution in [0.25, 0.3) is 0 Å². The van der Waals surface area contributed by atoms with Crippen molar-refractivity contribution in [3.05, 3.63) is 48.0 Å². The van der Waals surface area contributed by atoms with Gasteiger partial charge in [-0.3, -0.25) is 0 Å². The third kappa shape index (κ3) is 3.53. The minimum Gasteiger partial charge on any atom is -0.486 e. The maximum Gasteiger partial charge on any atom is 0.342 e. The Morgan fingerprint density at radius 1 is 1.33 bits per heavy atom. The van der Waals surface area contributed by atoms with Gasteiger partial charge in [0.1, 0.15) is 18.8 Å². The Balaban J connectivity index is 3.09. The predicted molar refractivity (Wildman–Crippen MR) is 72.0 cm³/mol. The van der Waals surface area contributed by atoms with Crippen molar-refractivity contribution in [1.29, 1.82) is 0 Å². The van der Waals surface area contributed by atoms with Crippen molar-refractivity contribution in [1.82, 2.24) is 0 Å². The highest BCUT2D eigenvalue weighted by Gasteiger charge is 2.17. The summed E-state index contributed by atoms with van der Waals surface area (Å²) in [7, 11) is 0. The van der Waals surface area contributed by atoms with E-state index in [4.69, 9.17) is 26.8 Å². The molecule has 0 bridgehead atoms. The molecule has 0 amide bonds. The van der Waals surface area contributed by atoms with E-state index in [0.717, 1.165) is 0 Å². The van der Waals surface area contributed by atoms with E-state index in [1.165, 1.54) is 18.2 Å². The first-order valence-electron chi connectivity index (χ1n) is 5.21. The van der Waals surface area contributed by atoms with Crippen LogP contribution in [0, 0.1) is 0 Å². The lowest BCUT2D eigenvalue weighted by atomic mass is 10.1. The summed E-state index contributed by atoms with van der Waals surface area (Å²) in [5, 5.41) is 0.337. The lowest BCUT2D eigenvalue weighted by Crippen LogP contribution is -2.10. The van der Waals surface area contributed by atoms with Crippen molar-refractivity contribution < 1.29 is 14.3 Å². The molecule has 18 heavy (non-hydrogen) atoms. The van der Waals surface area contributed by atoms with E-state index in [-0.39, 0.29) is 30.2 Å². The second-order valence-electron chi connectivity index (χ2n) is 3.36. The Kier molecular flexibility index (Phi) is 5.27. The molecule has 4 nitrogen and oxygen atoms in total. The van der Waals surface area contributed by atoms with Crippen LogP contribution in [0.1, 0.15) is 10.4 Å². The Morgan fingerprint density at radius 3 is 2.61 bits per heavy atom. The standard InChI is InChI=1S/C13H14ClNO3/c1-3-5-17-12-10(13(16)18-6-4-2)7-9(14)8-11(12)15/h3-4,7-8H,1-2,5-6,15H2. The molecule has 0 aliphatic heterocycles. The van der Waals surface area contributed by atoms with Crippen LogP contribution in [0.3, 0.4) is 0 Å². The van der Waals surface area contributed by atoms with Crippen LogP contribution in [-0.2, 0) is 4.74 Å². The first-order valence-corrected chi connectivity index (χ1v) is 5.58. The summed E-state index contributed by atoms with van der Waals surface area (Å²) in [6, 6.07) is 2.95. The van der Waals surface area contributed by atoms with Gasteiger partial charge in [0.05, 0.1) is 5.69 Å². The van der Waals surface area contributed by atoms with Crippen molar-refractivity contribution >= 4 is 23.3 Å². The highest BCUT2D eigenvalue weighted by Crippen LogP contribution is 2.31. The summed E-state index contributed by atoms with van der Waals surface area (Å²) in [6.45, 7) is 7.32. The molecule has 2 N–H and O–H groups in total. The number of nitrogen functional groups attached to an aromatic ring is 1. The second kappa shape index (κ2) is 6.71. The zero-order chi connectivity index (χ0) is 13.5. The molecule has 0 heterocycles. The number of carbonyl (C=O) groups is 1. The molecule has 0 unspecified atom stereocenters. The minimum absolute atomic E-state index is 0.103. The van der Waals surface area contributed by atoms with E-state index < -0.39 is 5.97 Å². The van der Waals surface area contributed by atoms with E-state index in [1.54, 1.807) is 6.08 Å². The van der Waals surface area contributed by atoms with E-state index in [0.29, 0.717) is 5.02 Å². The van der Waals surface area contributed by atoms with Gasteiger partial charge >= 0.3 is 5.97 Å². The molecule has 1 rings (SSSR count). The summed E-state index contributed by atoms with van der Waals surface area (Å²) in [5.41, 5.74) is 6.21. The predicted octanol–water partition coefficient (Wildman–Crippen LogP) is 2.83. The zero-order valence-electron chi connectivity index (χ0n) is 9.82. The highest BCUT2D eigenvalue weighted by molar-refractivity contribution is 6.31. The average Bonchev–Trinajstić information content (AvgIpc) is 2.34. The Bertz CT molecular complexity index is 472. The number of carbonyl (C=O) groups excluding carboxylic acids is 1. The summed E-state index contributed by atoms with van der Waals surface area (Å²) >= 11 is 5.85. The fourth-order valence-electron chi connectivity index (χ4n) is 1.28. The van der Waals surface area contributed by atoms with Crippen LogP contribution < -0.4 is 10.5 Å². The second-order valence-corrected chi connectivity index (χ2v) is 3.79. The van der Waals surface area contributed by atoms with Gasteiger partial charge in [-0.2, -0.15) is 0 Å². The van der Waals surface area contributed by atoms with Crippen LogP contribution in [0.5, 0.6) is 5.75 Å². The quantitative estimate of drug-likeness (QED) is 0.489. The Morgan fingerprint density at radius 2 is 2.00 bits per heavy atom. The molecular weight excluding hydrogens is 254 g/mol. The first-order chi connectivity index (χ1) is 8.60. The number of rotatable bonds is 6. The Hall–Kier alpha value is -1.94. The fourth-order valence-corrected chi connectivity index (χ4v) is 1.51. The zero-order valence-corrected chi connectivity index (χ0v) is 10.6. The topological polar surface area (TPSA) is 61.5 Å². The number of hydrogen-bond donors (Lipinski definition) is 1. The van der Waals surface area contributed by atoms with Crippen LogP contribution in [0.15, 0.2) is 37.4 Å². The molecule has 96 valence electrons. The summed E-state index contributed by atoms with van der Waals surface area (Å²) < 4.78 is 10.3. The molecular formula is C13H14ClNO3. The molecule has 0 radical (unpaired) electrons. The van der Waals surface area contributed by atoms with Crippen LogP contribution >= 0.6 is 11.6 Å². The molecule has 0 aromatic heterocycles. The van der Waals surface area contributed by atoms with Crippen molar-refractivity contribution in [3.63, 3.8) is 0 Å². The lowest BCUT2D eigenvalue weighted by Gasteiger charge is -2.12. The number of esters is 1. The van der Waals surface area contributed by atoms with Gasteiger partial charge in [-0.1, -0.05) is 36.9 Å². The van der Waals surface area contributed by atoms with E-state index in [1.807, 2.05) is 0 Å². The monoisotopic (exact) mass is 267 g/mol. The molecule has 1 aromatic carbocycles. The number of benzene rings is 1. The fraction of sp³-hybridized carbons (Fsp3) is 0.154. The molecule has 5 heteroatoms. The third-order valence-electron chi connectivity index (χ3n) is 1.98. The van der Waals surface area contributed by atoms with Crippen molar-refractivity contribution in [2.75, 3.05) is 18.9 Å². The maximum absolute atomic E-state index is 11.8. The average molecular weight is 268 g/mol. The molecule has 1 aromatic rings. The van der Waals surface area contributed by atoms with E-state index in [9.17, 15) is 4.79 Å². The lowest BCUT2D eigenvalue weighted by molar-refractivity contribution is 0.0545. The van der Waals surface area contributed by atoms with Gasteiger partial charge in [0, 0.05) is 5.02 Å². The number of halogens is 1. The van der Waals surface area contributed by atoms with Gasteiger partial charge in [-0.25, -0.2) is 4.79 Å². The van der Waals surface area contributed by atoms with Gasteiger partial charge in [0.2, 0.25) is 0 Å². The SMILES string of the molecule is C=CCOC(=O)c1cc(Cl)cc(N)c1OCC=C. The molecule has 0 aliphatic carbocycles. The third-order valence-corrected chi connectivity index (χ3v) is 2.20. The number of hydrogen-bond acceptors (Lipinski definition) is 4. The molecule has 0 saturated carbocycles. The summed E-state index contributed by atoms with van der Waals surface area (Å²) in [5.74, 6) is -0.323. The van der Waals surface area contributed by atoms with E-state index in [2.05, 4.69) is 13.2 Å². The number of anilines is 1. The number of ether oxygens (including phenoxy) is 2. The minimum atomic E-state index is -0.567. The van der Waals surface area contributed by atoms with Crippen LogP contribution in [-0.4, -0.2) is 19.2 Å². The number of nitrogens with two attached hydrogens (primary N) is 1. The normalized spacial score (nSPS) is 9.61. The summed E-state index contributed by atoms with van der Waals surface area (Å²) in [4.78, 5) is 11.8. The van der Waals surface area contributed by atoms with Gasteiger partial charge in [-0.05, 0) is 12.1 Å². The van der Waals surface area contributed by atoms with Crippen molar-refractivity contribution in [3.8, 4) is 5.75 Å². The van der Waals surface area contributed by atoms with Gasteiger partial charge in [-0.15, -0.1) is 0 Å². The van der Waals surface area contributed by atoms with E-state index >= 15 is 0 Å². The summed E-state index contributed by atoms with van der Waals surface area (Å²) in [6.07, 6.45) is 3.02. The van der Waals surface area contributed by atoms with Crippen molar-refractivity contribution in [2.24, 2.45) is 0 Å². The molecule has 0 spiro atoms. The first kappa shape index (κ1) is 14.1. The smallest absolute Gasteiger partial charge is 0.342 e. The van der Waals surface area contributed by atoms with Crippen molar-refractivity contribution in [2.45, 2.75) is 0 Å².